The average molecular weight is 764 g/mol. The molecule has 6 rings (SSSR count). The molecule has 0 bridgehead atoms. The number of ketones is 1. The third-order valence-electron chi connectivity index (χ3n) is 11.9. The van der Waals surface area contributed by atoms with Crippen molar-refractivity contribution in [1.29, 1.82) is 0 Å². The maximum absolute atomic E-state index is 12.3. The summed E-state index contributed by atoms with van der Waals surface area (Å²) in [6.07, 6.45) is 3.56. The zero-order chi connectivity index (χ0) is 41.3. The van der Waals surface area contributed by atoms with Gasteiger partial charge < -0.3 is 29.8 Å². The first-order valence-electron chi connectivity index (χ1n) is 20.0. The van der Waals surface area contributed by atoms with Crippen LogP contribution >= 0.6 is 0 Å². The number of nitrogens with two attached hydrogens (primary N) is 1. The van der Waals surface area contributed by atoms with E-state index in [-0.39, 0.29) is 74.6 Å². The number of carbonyl (C=O) groups is 3. The predicted octanol–water partition coefficient (Wildman–Crippen LogP) is 8.95. The standard InChI is InChI=1S/C17H25NO2.C17H22O3.C12H22O3/c2*1-16(2)10-13(18)11-17(3,4)15(16)20-14(19)12-8-6-5-7-9-12;1-10(2)7-12(14-5-6-15-12)8-11(3,4)9(10)13/h5-9,13,15H,10-11,18H2,1-4H3;5-9,15H,10-11H2,1-4H3;9,13H,5-8H2,1-4H3. The number of esters is 2. The van der Waals surface area contributed by atoms with Gasteiger partial charge in [-0.2, -0.15) is 0 Å². The van der Waals surface area contributed by atoms with E-state index in [1.807, 2.05) is 64.1 Å². The van der Waals surface area contributed by atoms with Crippen molar-refractivity contribution in [2.24, 2.45) is 38.2 Å². The molecule has 9 heteroatoms. The van der Waals surface area contributed by atoms with E-state index in [2.05, 4.69) is 55.4 Å². The van der Waals surface area contributed by atoms with Gasteiger partial charge in [0.15, 0.2) is 5.79 Å². The number of aliphatic hydroxyl groups excluding tert-OH is 1. The third kappa shape index (κ3) is 10.8. The summed E-state index contributed by atoms with van der Waals surface area (Å²) in [5.41, 5.74) is 6.14. The van der Waals surface area contributed by atoms with Gasteiger partial charge in [-0.05, 0) is 47.9 Å². The van der Waals surface area contributed by atoms with Gasteiger partial charge in [0.2, 0.25) is 0 Å². The maximum atomic E-state index is 12.3. The van der Waals surface area contributed by atoms with Gasteiger partial charge in [0.05, 0.1) is 30.4 Å². The van der Waals surface area contributed by atoms with Crippen LogP contribution in [0.2, 0.25) is 0 Å². The van der Waals surface area contributed by atoms with Gasteiger partial charge in [-0.1, -0.05) is 119 Å². The Hall–Kier alpha value is -3.11. The first-order valence-corrected chi connectivity index (χ1v) is 20.0. The molecule has 1 spiro atoms. The average Bonchev–Trinajstić information content (AvgIpc) is 3.49. The fraction of sp³-hybridized carbons (Fsp3) is 0.674. The normalized spacial score (nSPS) is 27.1. The Morgan fingerprint density at radius 1 is 0.600 bits per heavy atom. The number of benzene rings is 2. The Bertz CT molecular complexity index is 1560. The van der Waals surface area contributed by atoms with E-state index in [0.29, 0.717) is 37.2 Å². The van der Waals surface area contributed by atoms with Crippen molar-refractivity contribution in [2.45, 2.75) is 152 Å². The molecule has 3 N–H and O–H groups in total. The summed E-state index contributed by atoms with van der Waals surface area (Å²) in [7, 11) is 0. The predicted molar refractivity (Wildman–Crippen MR) is 215 cm³/mol. The summed E-state index contributed by atoms with van der Waals surface area (Å²) >= 11 is 0. The summed E-state index contributed by atoms with van der Waals surface area (Å²) in [6, 6.07) is 18.3. The summed E-state index contributed by atoms with van der Waals surface area (Å²) in [4.78, 5) is 36.4. The van der Waals surface area contributed by atoms with Crippen molar-refractivity contribution >= 4 is 17.7 Å². The summed E-state index contributed by atoms with van der Waals surface area (Å²) < 4.78 is 23.2. The lowest BCUT2D eigenvalue weighted by molar-refractivity contribution is -0.252. The quantitative estimate of drug-likeness (QED) is 0.293. The molecule has 0 unspecified atom stereocenters. The van der Waals surface area contributed by atoms with E-state index in [9.17, 15) is 19.5 Å². The van der Waals surface area contributed by atoms with Crippen molar-refractivity contribution in [2.75, 3.05) is 13.2 Å². The molecule has 0 amide bonds. The second-order valence-corrected chi connectivity index (χ2v) is 20.7. The first-order chi connectivity index (χ1) is 25.2. The van der Waals surface area contributed by atoms with E-state index in [0.717, 1.165) is 25.7 Å². The second kappa shape index (κ2) is 16.4. The minimum absolute atomic E-state index is 0.106. The Balaban J connectivity index is 0.000000186. The van der Waals surface area contributed by atoms with E-state index in [1.54, 1.807) is 24.3 Å². The van der Waals surface area contributed by atoms with Gasteiger partial charge in [0, 0.05) is 53.4 Å². The third-order valence-corrected chi connectivity index (χ3v) is 11.9. The number of aliphatic hydroxyl groups is 1. The number of carbonyl (C=O) groups excluding carboxylic acids is 3. The fourth-order valence-corrected chi connectivity index (χ4v) is 10.6. The molecule has 0 radical (unpaired) electrons. The molecule has 1 saturated heterocycles. The smallest absolute Gasteiger partial charge is 0.338 e. The lowest BCUT2D eigenvalue weighted by Gasteiger charge is -2.52. The molecule has 2 aromatic rings. The summed E-state index contributed by atoms with van der Waals surface area (Å²) in [6.45, 7) is 26.2. The fourth-order valence-electron chi connectivity index (χ4n) is 10.6. The molecule has 1 aliphatic heterocycles. The molecule has 3 saturated carbocycles. The van der Waals surface area contributed by atoms with Crippen LogP contribution in [0.1, 0.15) is 142 Å². The zero-order valence-corrected chi connectivity index (χ0v) is 35.6. The highest BCUT2D eigenvalue weighted by Crippen LogP contribution is 2.53. The molecule has 3 aliphatic carbocycles. The molecule has 0 atom stereocenters. The van der Waals surface area contributed by atoms with Crippen LogP contribution in [0.5, 0.6) is 0 Å². The van der Waals surface area contributed by atoms with Crippen LogP contribution < -0.4 is 5.73 Å². The SMILES string of the molecule is CC1(C)CC(=O)CC(C)(C)C1OC(=O)c1ccccc1.CC1(C)CC(N)CC(C)(C)C1OC(=O)c1ccccc1.CC1(C)CC2(CC(C)(C)C1O)OCCO2. The molecule has 0 aromatic heterocycles. The molecule has 55 heavy (non-hydrogen) atoms. The molecule has 1 heterocycles. The van der Waals surface area contributed by atoms with Crippen molar-refractivity contribution in [3.63, 3.8) is 0 Å². The highest BCUT2D eigenvalue weighted by Gasteiger charge is 2.56. The lowest BCUT2D eigenvalue weighted by Crippen LogP contribution is -2.55. The summed E-state index contributed by atoms with van der Waals surface area (Å²) in [5, 5.41) is 10.3. The first kappa shape index (κ1) is 44.6. The van der Waals surface area contributed by atoms with Gasteiger partial charge >= 0.3 is 11.9 Å². The van der Waals surface area contributed by atoms with Gasteiger partial charge in [0.1, 0.15) is 18.0 Å². The molecule has 2 aromatic carbocycles. The lowest BCUT2D eigenvalue weighted by atomic mass is 9.60. The van der Waals surface area contributed by atoms with Crippen LogP contribution in [0.4, 0.5) is 0 Å². The van der Waals surface area contributed by atoms with Crippen LogP contribution in [0.25, 0.3) is 0 Å². The number of hydrogen-bond acceptors (Lipinski definition) is 9. The highest BCUT2D eigenvalue weighted by molar-refractivity contribution is 5.90. The highest BCUT2D eigenvalue weighted by atomic mass is 16.7. The van der Waals surface area contributed by atoms with Crippen molar-refractivity contribution < 1.29 is 38.4 Å². The number of Topliss-reactive ketones (excluding diaryl/α,β-unsaturated/α-hetero) is 1. The Labute approximate surface area is 330 Å². The molecule has 4 fully saturated rings. The van der Waals surface area contributed by atoms with Crippen LogP contribution in [0, 0.1) is 32.5 Å². The van der Waals surface area contributed by atoms with Crippen molar-refractivity contribution in [3.8, 4) is 0 Å². The van der Waals surface area contributed by atoms with Gasteiger partial charge in [-0.3, -0.25) is 4.79 Å². The minimum Gasteiger partial charge on any atom is -0.458 e. The monoisotopic (exact) mass is 764 g/mol. The van der Waals surface area contributed by atoms with Crippen LogP contribution in [0.3, 0.4) is 0 Å². The Kier molecular flexibility index (Phi) is 13.3. The van der Waals surface area contributed by atoms with E-state index >= 15 is 0 Å². The summed E-state index contributed by atoms with van der Waals surface area (Å²) in [5.74, 6) is -0.753. The van der Waals surface area contributed by atoms with Crippen LogP contribution in [-0.4, -0.2) is 66.2 Å². The minimum atomic E-state index is -0.438. The van der Waals surface area contributed by atoms with Crippen LogP contribution in [-0.2, 0) is 23.7 Å². The topological polar surface area (TPSA) is 134 Å². The second-order valence-electron chi connectivity index (χ2n) is 20.7. The van der Waals surface area contributed by atoms with Crippen molar-refractivity contribution in [3.05, 3.63) is 71.8 Å². The van der Waals surface area contributed by atoms with Crippen LogP contribution in [0.15, 0.2) is 60.7 Å². The van der Waals surface area contributed by atoms with Gasteiger partial charge in [-0.25, -0.2) is 9.59 Å². The molecule has 306 valence electrons. The zero-order valence-electron chi connectivity index (χ0n) is 35.6. The number of ether oxygens (including phenoxy) is 4. The van der Waals surface area contributed by atoms with E-state index in [4.69, 9.17) is 24.7 Å². The van der Waals surface area contributed by atoms with Gasteiger partial charge in [0.25, 0.3) is 0 Å². The largest absolute Gasteiger partial charge is 0.458 e. The van der Waals surface area contributed by atoms with Crippen molar-refractivity contribution in [1.82, 2.24) is 0 Å². The maximum Gasteiger partial charge on any atom is 0.338 e. The molecular weight excluding hydrogens is 695 g/mol. The Morgan fingerprint density at radius 2 is 0.945 bits per heavy atom. The van der Waals surface area contributed by atoms with E-state index < -0.39 is 5.79 Å². The molecule has 4 aliphatic rings. The number of hydrogen-bond donors (Lipinski definition) is 2. The number of rotatable bonds is 4. The van der Waals surface area contributed by atoms with Gasteiger partial charge in [-0.15, -0.1) is 0 Å². The Morgan fingerprint density at radius 3 is 1.31 bits per heavy atom. The molecular formula is C46H69NO8. The van der Waals surface area contributed by atoms with E-state index in [1.165, 1.54) is 0 Å². The molecule has 9 nitrogen and oxygen atoms in total.